The Morgan fingerprint density at radius 2 is 2.38 bits per heavy atom. The number of thiazole rings is 1. The normalized spacial score (nSPS) is 12.9. The van der Waals surface area contributed by atoms with Crippen molar-refractivity contribution in [1.82, 2.24) is 10.3 Å². The molecular formula is C12H23N3S. The van der Waals surface area contributed by atoms with Gasteiger partial charge in [-0.3, -0.25) is 0 Å². The quantitative estimate of drug-likeness (QED) is 0.686. The van der Waals surface area contributed by atoms with Crippen LogP contribution in [0.3, 0.4) is 0 Å². The lowest BCUT2D eigenvalue weighted by atomic mass is 10.1. The van der Waals surface area contributed by atoms with Gasteiger partial charge in [0.25, 0.3) is 0 Å². The predicted octanol–water partition coefficient (Wildman–Crippen LogP) is 2.17. The van der Waals surface area contributed by atoms with E-state index in [4.69, 9.17) is 5.73 Å². The molecule has 1 aromatic rings. The minimum atomic E-state index is 0.647. The van der Waals surface area contributed by atoms with E-state index in [-0.39, 0.29) is 0 Å². The highest BCUT2D eigenvalue weighted by atomic mass is 32.1. The Kier molecular flexibility index (Phi) is 6.61. The minimum Gasteiger partial charge on any atom is -0.330 e. The maximum Gasteiger partial charge on any atom is 0.107 e. The number of aryl methyl sites for hydroxylation is 1. The van der Waals surface area contributed by atoms with Gasteiger partial charge < -0.3 is 11.1 Å². The van der Waals surface area contributed by atoms with Gasteiger partial charge in [0.05, 0.1) is 0 Å². The largest absolute Gasteiger partial charge is 0.330 e. The summed E-state index contributed by atoms with van der Waals surface area (Å²) in [5.41, 5.74) is 5.57. The SMILES string of the molecule is CCc1cnc(CNCCCC(C)CN)s1. The number of aromatic nitrogens is 1. The van der Waals surface area contributed by atoms with E-state index in [9.17, 15) is 0 Å². The van der Waals surface area contributed by atoms with Gasteiger partial charge in [0.15, 0.2) is 0 Å². The van der Waals surface area contributed by atoms with Crippen molar-refractivity contribution in [3.05, 3.63) is 16.1 Å². The third kappa shape index (κ3) is 5.05. The first-order chi connectivity index (χ1) is 7.76. The van der Waals surface area contributed by atoms with E-state index in [0.29, 0.717) is 5.92 Å². The Labute approximate surface area is 102 Å². The van der Waals surface area contributed by atoms with Crippen molar-refractivity contribution in [2.24, 2.45) is 11.7 Å². The predicted molar refractivity (Wildman–Crippen MR) is 70.7 cm³/mol. The molecule has 0 bridgehead atoms. The van der Waals surface area contributed by atoms with Crippen LogP contribution >= 0.6 is 11.3 Å². The summed E-state index contributed by atoms with van der Waals surface area (Å²) in [6.07, 6.45) is 5.48. The molecule has 0 aliphatic rings. The average molecular weight is 241 g/mol. The highest BCUT2D eigenvalue weighted by molar-refractivity contribution is 7.11. The first kappa shape index (κ1) is 13.6. The van der Waals surface area contributed by atoms with Gasteiger partial charge in [-0.2, -0.15) is 0 Å². The molecule has 16 heavy (non-hydrogen) atoms. The summed E-state index contributed by atoms with van der Waals surface area (Å²) >= 11 is 1.81. The summed E-state index contributed by atoms with van der Waals surface area (Å²) in [6, 6.07) is 0. The zero-order valence-electron chi connectivity index (χ0n) is 10.3. The third-order valence-electron chi connectivity index (χ3n) is 2.68. The smallest absolute Gasteiger partial charge is 0.107 e. The van der Waals surface area contributed by atoms with Crippen molar-refractivity contribution in [1.29, 1.82) is 0 Å². The number of hydrogen-bond donors (Lipinski definition) is 2. The van der Waals surface area contributed by atoms with Crippen LogP contribution in [0.4, 0.5) is 0 Å². The van der Waals surface area contributed by atoms with Crippen molar-refractivity contribution in [3.8, 4) is 0 Å². The van der Waals surface area contributed by atoms with E-state index in [1.165, 1.54) is 22.7 Å². The van der Waals surface area contributed by atoms with Gasteiger partial charge in [-0.05, 0) is 38.3 Å². The van der Waals surface area contributed by atoms with E-state index >= 15 is 0 Å². The fourth-order valence-corrected chi connectivity index (χ4v) is 2.31. The van der Waals surface area contributed by atoms with Gasteiger partial charge in [-0.1, -0.05) is 13.8 Å². The van der Waals surface area contributed by atoms with E-state index in [0.717, 1.165) is 26.1 Å². The lowest BCUT2D eigenvalue weighted by Gasteiger charge is -2.07. The second-order valence-electron chi connectivity index (χ2n) is 4.23. The second-order valence-corrected chi connectivity index (χ2v) is 5.43. The molecule has 0 saturated heterocycles. The van der Waals surface area contributed by atoms with Crippen LogP contribution in [-0.4, -0.2) is 18.1 Å². The molecule has 0 aliphatic heterocycles. The molecule has 0 amide bonds. The average Bonchev–Trinajstić information content (AvgIpc) is 2.76. The Bertz CT molecular complexity index is 286. The topological polar surface area (TPSA) is 50.9 Å². The molecule has 0 radical (unpaired) electrons. The van der Waals surface area contributed by atoms with Crippen molar-refractivity contribution >= 4 is 11.3 Å². The standard InChI is InChI=1S/C12H23N3S/c1-3-11-8-15-12(16-11)9-14-6-4-5-10(2)7-13/h8,10,14H,3-7,9,13H2,1-2H3. The number of nitrogens with one attached hydrogen (secondary N) is 1. The molecule has 0 spiro atoms. The van der Waals surface area contributed by atoms with Crippen LogP contribution in [-0.2, 0) is 13.0 Å². The number of nitrogens with two attached hydrogens (primary N) is 1. The van der Waals surface area contributed by atoms with Gasteiger partial charge in [0, 0.05) is 17.6 Å². The zero-order valence-corrected chi connectivity index (χ0v) is 11.1. The van der Waals surface area contributed by atoms with Crippen LogP contribution < -0.4 is 11.1 Å². The Hall–Kier alpha value is -0.450. The first-order valence-electron chi connectivity index (χ1n) is 6.10. The fourth-order valence-electron chi connectivity index (χ4n) is 1.48. The minimum absolute atomic E-state index is 0.647. The molecule has 0 aliphatic carbocycles. The van der Waals surface area contributed by atoms with Crippen LogP contribution in [0.25, 0.3) is 0 Å². The van der Waals surface area contributed by atoms with Crippen LogP contribution in [0, 0.1) is 5.92 Å². The summed E-state index contributed by atoms with van der Waals surface area (Å²) in [4.78, 5) is 5.74. The van der Waals surface area contributed by atoms with E-state index in [1.54, 1.807) is 0 Å². The molecule has 92 valence electrons. The summed E-state index contributed by atoms with van der Waals surface area (Å²) in [5.74, 6) is 0.647. The molecule has 0 aromatic carbocycles. The molecule has 0 fully saturated rings. The van der Waals surface area contributed by atoms with Crippen LogP contribution in [0.2, 0.25) is 0 Å². The van der Waals surface area contributed by atoms with Gasteiger partial charge in [-0.25, -0.2) is 4.98 Å². The molecule has 1 aromatic heterocycles. The molecule has 1 atom stereocenters. The summed E-state index contributed by atoms with van der Waals surface area (Å²) in [7, 11) is 0. The van der Waals surface area contributed by atoms with Crippen molar-refractivity contribution in [2.45, 2.75) is 39.7 Å². The second kappa shape index (κ2) is 7.76. The summed E-state index contributed by atoms with van der Waals surface area (Å²) in [5, 5.41) is 4.62. The highest BCUT2D eigenvalue weighted by Crippen LogP contribution is 2.12. The van der Waals surface area contributed by atoms with Gasteiger partial charge in [0.1, 0.15) is 5.01 Å². The third-order valence-corrected chi connectivity index (χ3v) is 3.82. The van der Waals surface area contributed by atoms with Gasteiger partial charge >= 0.3 is 0 Å². The molecule has 3 N–H and O–H groups in total. The Morgan fingerprint density at radius 3 is 3.00 bits per heavy atom. The molecule has 3 nitrogen and oxygen atoms in total. The first-order valence-corrected chi connectivity index (χ1v) is 6.92. The number of nitrogens with zero attached hydrogens (tertiary/aromatic N) is 1. The molecule has 4 heteroatoms. The fraction of sp³-hybridized carbons (Fsp3) is 0.750. The number of hydrogen-bond acceptors (Lipinski definition) is 4. The number of rotatable bonds is 8. The van der Waals surface area contributed by atoms with Crippen LogP contribution in [0.15, 0.2) is 6.20 Å². The van der Waals surface area contributed by atoms with Crippen molar-refractivity contribution < 1.29 is 0 Å². The van der Waals surface area contributed by atoms with Crippen molar-refractivity contribution in [2.75, 3.05) is 13.1 Å². The van der Waals surface area contributed by atoms with Crippen molar-refractivity contribution in [3.63, 3.8) is 0 Å². The summed E-state index contributed by atoms with van der Waals surface area (Å²) in [6.45, 7) is 7.13. The van der Waals surface area contributed by atoms with E-state index in [2.05, 4.69) is 24.1 Å². The Morgan fingerprint density at radius 1 is 1.56 bits per heavy atom. The molecule has 1 heterocycles. The van der Waals surface area contributed by atoms with Gasteiger partial charge in [0.2, 0.25) is 0 Å². The van der Waals surface area contributed by atoms with Crippen LogP contribution in [0.1, 0.15) is 36.6 Å². The van der Waals surface area contributed by atoms with Crippen LogP contribution in [0.5, 0.6) is 0 Å². The maximum absolute atomic E-state index is 5.57. The molecule has 0 saturated carbocycles. The summed E-state index contributed by atoms with van der Waals surface area (Å²) < 4.78 is 0. The highest BCUT2D eigenvalue weighted by Gasteiger charge is 2.01. The van der Waals surface area contributed by atoms with E-state index in [1.807, 2.05) is 17.5 Å². The maximum atomic E-state index is 5.57. The molecular weight excluding hydrogens is 218 g/mol. The Balaban J connectivity index is 2.07. The lowest BCUT2D eigenvalue weighted by Crippen LogP contribution is -2.17. The zero-order chi connectivity index (χ0) is 11.8. The lowest BCUT2D eigenvalue weighted by molar-refractivity contribution is 0.501. The van der Waals surface area contributed by atoms with E-state index < -0.39 is 0 Å². The molecule has 1 rings (SSSR count). The molecule has 1 unspecified atom stereocenters. The van der Waals surface area contributed by atoms with Gasteiger partial charge in [-0.15, -0.1) is 11.3 Å². The monoisotopic (exact) mass is 241 g/mol.